The number of nitrogens with one attached hydrogen (secondary N) is 1. The van der Waals surface area contributed by atoms with Crippen LogP contribution in [0.25, 0.3) is 0 Å². The number of rotatable bonds is 6. The van der Waals surface area contributed by atoms with Gasteiger partial charge >= 0.3 is 6.09 Å². The Morgan fingerprint density at radius 2 is 1.83 bits per heavy atom. The molecule has 2 N–H and O–H groups in total. The Morgan fingerprint density at radius 1 is 1.17 bits per heavy atom. The summed E-state index contributed by atoms with van der Waals surface area (Å²) in [5.74, 6) is 1.02. The van der Waals surface area contributed by atoms with Gasteiger partial charge in [0, 0.05) is 39.8 Å². The van der Waals surface area contributed by atoms with Gasteiger partial charge in [-0.2, -0.15) is 5.10 Å². The Morgan fingerprint density at radius 3 is 2.40 bits per heavy atom. The van der Waals surface area contributed by atoms with E-state index in [1.165, 1.54) is 0 Å². The predicted molar refractivity (Wildman–Crippen MR) is 112 cm³/mol. The van der Waals surface area contributed by atoms with E-state index in [1.54, 1.807) is 4.68 Å². The van der Waals surface area contributed by atoms with Gasteiger partial charge in [-0.05, 0) is 36.8 Å². The average Bonchev–Trinajstić information content (AvgIpc) is 3.37. The molecule has 2 fully saturated rings. The Balaban J connectivity index is 1.31. The van der Waals surface area contributed by atoms with Crippen molar-refractivity contribution in [1.29, 1.82) is 0 Å². The zero-order valence-corrected chi connectivity index (χ0v) is 17.5. The molecule has 1 aromatic heterocycles. The molecule has 2 aromatic rings. The summed E-state index contributed by atoms with van der Waals surface area (Å²) in [4.78, 5) is 28.4. The van der Waals surface area contributed by atoms with Crippen LogP contribution in [0.5, 0.6) is 0 Å². The maximum Gasteiger partial charge on any atom is 0.405 e. The summed E-state index contributed by atoms with van der Waals surface area (Å²) in [6.07, 6.45) is -0.270. The molecule has 2 unspecified atom stereocenters. The van der Waals surface area contributed by atoms with Gasteiger partial charge in [-0.3, -0.25) is 9.48 Å². The number of aromatic nitrogens is 2. The summed E-state index contributed by atoms with van der Waals surface area (Å²) in [7, 11) is 1.81. The number of aryl methyl sites for hydroxylation is 2. The number of carboxylic acid groups (broad SMARTS) is 1. The number of carbonyl (C=O) groups is 2. The number of hydrogen-bond donors (Lipinski definition) is 2. The summed E-state index contributed by atoms with van der Waals surface area (Å²) in [6.45, 7) is 6.19. The molecule has 2 amide bonds. The average molecular weight is 412 g/mol. The zero-order chi connectivity index (χ0) is 21.3. The highest BCUT2D eigenvalue weighted by Gasteiger charge is 2.42. The van der Waals surface area contributed by atoms with Crippen LogP contribution in [0.4, 0.5) is 4.79 Å². The highest BCUT2D eigenvalue weighted by molar-refractivity contribution is 5.93. The number of carbonyl (C=O) groups excluding carboxylic acids is 1. The third kappa shape index (κ3) is 4.33. The molecule has 3 heterocycles. The van der Waals surface area contributed by atoms with Crippen LogP contribution in [0, 0.1) is 18.8 Å². The van der Waals surface area contributed by atoms with Crippen molar-refractivity contribution in [2.75, 3.05) is 32.7 Å². The molecule has 0 aliphatic carbocycles. The van der Waals surface area contributed by atoms with E-state index in [1.807, 2.05) is 55.3 Å². The molecule has 2 aliphatic rings. The van der Waals surface area contributed by atoms with Gasteiger partial charge in [-0.1, -0.05) is 30.3 Å². The molecule has 0 bridgehead atoms. The lowest BCUT2D eigenvalue weighted by atomic mass is 10.0. The lowest BCUT2D eigenvalue weighted by Gasteiger charge is -2.24. The normalized spacial score (nSPS) is 22.1. The Kier molecular flexibility index (Phi) is 5.76. The molecule has 30 heavy (non-hydrogen) atoms. The van der Waals surface area contributed by atoms with Crippen molar-refractivity contribution in [2.24, 2.45) is 18.9 Å². The SMILES string of the molecule is Cc1cc(C(=O)N2CC3CN(CCC(NC(=O)O)c4ccccc4)C[C@H]3C2)n(C)n1. The molecule has 8 heteroatoms. The standard InChI is InChI=1S/C22H29N5O3/c1-15-10-20(25(2)24-15)21(28)27-13-17-11-26(12-18(17)14-27)9-8-19(23-22(29)30)16-6-4-3-5-7-16/h3-7,10,17-19,23H,8-9,11-14H2,1-2H3,(H,29,30)/t17-,18?,19?/m0/s1. The second kappa shape index (κ2) is 8.47. The first-order valence-corrected chi connectivity index (χ1v) is 10.5. The minimum Gasteiger partial charge on any atom is -0.465 e. The maximum absolute atomic E-state index is 12.9. The van der Waals surface area contributed by atoms with E-state index in [9.17, 15) is 14.7 Å². The highest BCUT2D eigenvalue weighted by atomic mass is 16.4. The quantitative estimate of drug-likeness (QED) is 0.760. The van der Waals surface area contributed by atoms with Crippen molar-refractivity contribution in [2.45, 2.75) is 19.4 Å². The lowest BCUT2D eigenvalue weighted by molar-refractivity contribution is 0.0763. The number of benzene rings is 1. The Bertz CT molecular complexity index is 899. The van der Waals surface area contributed by atoms with Crippen LogP contribution in [-0.4, -0.2) is 69.4 Å². The number of fused-ring (bicyclic) bond motifs is 1. The van der Waals surface area contributed by atoms with Gasteiger partial charge in [0.15, 0.2) is 0 Å². The number of likely N-dealkylation sites (tertiary alicyclic amines) is 2. The smallest absolute Gasteiger partial charge is 0.405 e. The van der Waals surface area contributed by atoms with Crippen LogP contribution in [-0.2, 0) is 7.05 Å². The first kappa shape index (κ1) is 20.4. The van der Waals surface area contributed by atoms with Gasteiger partial charge in [0.05, 0.1) is 11.7 Å². The first-order chi connectivity index (χ1) is 14.4. The van der Waals surface area contributed by atoms with E-state index in [0.717, 1.165) is 50.4 Å². The number of nitrogens with zero attached hydrogens (tertiary/aromatic N) is 4. The van der Waals surface area contributed by atoms with Crippen LogP contribution in [0.15, 0.2) is 36.4 Å². The molecule has 2 saturated heterocycles. The lowest BCUT2D eigenvalue weighted by Crippen LogP contribution is -2.35. The summed E-state index contributed by atoms with van der Waals surface area (Å²) >= 11 is 0. The van der Waals surface area contributed by atoms with Crippen molar-refractivity contribution >= 4 is 12.0 Å². The summed E-state index contributed by atoms with van der Waals surface area (Å²) in [5.41, 5.74) is 2.49. The third-order valence-corrected chi connectivity index (χ3v) is 6.30. The Hall–Kier alpha value is -2.87. The molecule has 4 rings (SSSR count). The second-order valence-corrected chi connectivity index (χ2v) is 8.49. The topological polar surface area (TPSA) is 90.7 Å². The van der Waals surface area contributed by atoms with Crippen molar-refractivity contribution < 1.29 is 14.7 Å². The number of amides is 2. The van der Waals surface area contributed by atoms with Crippen LogP contribution in [0.2, 0.25) is 0 Å². The first-order valence-electron chi connectivity index (χ1n) is 10.5. The Labute approximate surface area is 176 Å². The van der Waals surface area contributed by atoms with Gasteiger partial charge in [0.2, 0.25) is 0 Å². The molecule has 0 spiro atoms. The maximum atomic E-state index is 12.9. The molecular weight excluding hydrogens is 382 g/mol. The van der Waals surface area contributed by atoms with Crippen LogP contribution >= 0.6 is 0 Å². The minimum absolute atomic E-state index is 0.0637. The van der Waals surface area contributed by atoms with Gasteiger partial charge in [0.1, 0.15) is 5.69 Å². The van der Waals surface area contributed by atoms with Gasteiger partial charge in [-0.25, -0.2) is 4.79 Å². The summed E-state index contributed by atoms with van der Waals surface area (Å²) in [6, 6.07) is 11.4. The van der Waals surface area contributed by atoms with Crippen LogP contribution < -0.4 is 5.32 Å². The van der Waals surface area contributed by atoms with Crippen molar-refractivity contribution in [1.82, 2.24) is 24.9 Å². The largest absolute Gasteiger partial charge is 0.465 e. The molecule has 8 nitrogen and oxygen atoms in total. The fourth-order valence-corrected chi connectivity index (χ4v) is 4.88. The van der Waals surface area contributed by atoms with E-state index in [0.29, 0.717) is 17.5 Å². The molecular formula is C22H29N5O3. The van der Waals surface area contributed by atoms with Gasteiger partial charge in [-0.15, -0.1) is 0 Å². The van der Waals surface area contributed by atoms with Crippen molar-refractivity contribution in [3.8, 4) is 0 Å². The fraction of sp³-hybridized carbons (Fsp3) is 0.500. The summed E-state index contributed by atoms with van der Waals surface area (Å²) < 4.78 is 1.66. The van der Waals surface area contributed by atoms with Crippen molar-refractivity contribution in [3.05, 3.63) is 53.3 Å². The molecule has 1 aromatic carbocycles. The van der Waals surface area contributed by atoms with E-state index in [4.69, 9.17) is 0 Å². The van der Waals surface area contributed by atoms with Crippen molar-refractivity contribution in [3.63, 3.8) is 0 Å². The monoisotopic (exact) mass is 411 g/mol. The van der Waals surface area contributed by atoms with Gasteiger partial charge in [0.25, 0.3) is 5.91 Å². The van der Waals surface area contributed by atoms with E-state index in [-0.39, 0.29) is 11.9 Å². The van der Waals surface area contributed by atoms with E-state index < -0.39 is 6.09 Å². The van der Waals surface area contributed by atoms with E-state index >= 15 is 0 Å². The zero-order valence-electron chi connectivity index (χ0n) is 17.5. The molecule has 0 saturated carbocycles. The molecule has 3 atom stereocenters. The van der Waals surface area contributed by atoms with Gasteiger partial charge < -0.3 is 20.2 Å². The highest BCUT2D eigenvalue weighted by Crippen LogP contribution is 2.32. The molecule has 0 radical (unpaired) electrons. The predicted octanol–water partition coefficient (Wildman–Crippen LogP) is 2.13. The minimum atomic E-state index is -0.998. The molecule has 160 valence electrons. The summed E-state index contributed by atoms with van der Waals surface area (Å²) in [5, 5.41) is 16.1. The second-order valence-electron chi connectivity index (χ2n) is 8.49. The van der Waals surface area contributed by atoms with Crippen LogP contribution in [0.3, 0.4) is 0 Å². The molecule has 2 aliphatic heterocycles. The van der Waals surface area contributed by atoms with Crippen LogP contribution in [0.1, 0.15) is 34.2 Å². The fourth-order valence-electron chi connectivity index (χ4n) is 4.88. The van der Waals surface area contributed by atoms with E-state index in [2.05, 4.69) is 15.3 Å². The third-order valence-electron chi connectivity index (χ3n) is 6.30. The number of hydrogen-bond acceptors (Lipinski definition) is 4.